The third kappa shape index (κ3) is 4.05. The Kier molecular flexibility index (Phi) is 7.68. The molecule has 0 unspecified atom stereocenters. The van der Waals surface area contributed by atoms with Gasteiger partial charge in [0.05, 0.1) is 12.2 Å². The molecule has 1 saturated carbocycles. The number of carbonyl (C=O) groups is 3. The smallest absolute Gasteiger partial charge is 0.306 e. The van der Waals surface area contributed by atoms with Gasteiger partial charge in [0.25, 0.3) is 0 Å². The summed E-state index contributed by atoms with van der Waals surface area (Å²) in [7, 11) is 0. The van der Waals surface area contributed by atoms with Crippen molar-refractivity contribution in [3.05, 3.63) is 23.3 Å². The first-order chi connectivity index (χ1) is 16.6. The highest BCUT2D eigenvalue weighted by Crippen LogP contribution is 2.63. The summed E-state index contributed by atoms with van der Waals surface area (Å²) in [5.41, 5.74) is -5.33. The summed E-state index contributed by atoms with van der Waals surface area (Å²) in [5.74, 6) is -4.01. The van der Waals surface area contributed by atoms with Gasteiger partial charge in [0.1, 0.15) is 11.7 Å². The fourth-order valence-electron chi connectivity index (χ4n) is 6.78. The van der Waals surface area contributed by atoms with Crippen LogP contribution in [0.2, 0.25) is 0 Å². The molecule has 3 rings (SSSR count). The Morgan fingerprint density at radius 2 is 1.61 bits per heavy atom. The molecule has 8 nitrogen and oxygen atoms in total. The quantitative estimate of drug-likeness (QED) is 0.355. The van der Waals surface area contributed by atoms with E-state index in [-0.39, 0.29) is 19.3 Å². The van der Waals surface area contributed by atoms with Crippen LogP contribution in [-0.2, 0) is 23.9 Å². The first-order valence-corrected chi connectivity index (χ1v) is 13.0. The largest absolute Gasteiger partial charge is 0.458 e. The van der Waals surface area contributed by atoms with Gasteiger partial charge >= 0.3 is 11.9 Å². The van der Waals surface area contributed by atoms with Crippen LogP contribution in [0.1, 0.15) is 80.6 Å². The maximum Gasteiger partial charge on any atom is 0.306 e. The third-order valence-corrected chi connectivity index (χ3v) is 9.06. The van der Waals surface area contributed by atoms with Gasteiger partial charge in [0.2, 0.25) is 0 Å². The third-order valence-electron chi connectivity index (χ3n) is 9.06. The van der Waals surface area contributed by atoms with Gasteiger partial charge in [-0.1, -0.05) is 46.8 Å². The van der Waals surface area contributed by atoms with Crippen molar-refractivity contribution >= 4 is 17.7 Å². The lowest BCUT2D eigenvalue weighted by Gasteiger charge is -2.63. The Bertz CT molecular complexity index is 980. The van der Waals surface area contributed by atoms with Crippen LogP contribution in [0, 0.1) is 23.2 Å². The molecule has 0 aromatic heterocycles. The average molecular weight is 507 g/mol. The molecule has 0 aromatic carbocycles. The number of hydrogen-bond donors (Lipinski definition) is 3. The average Bonchev–Trinajstić information content (AvgIpc) is 2.96. The fraction of sp³-hybridized carbons (Fsp3) is 0.750. The number of fused-ring (bicyclic) bond motifs is 3. The van der Waals surface area contributed by atoms with Gasteiger partial charge in [0, 0.05) is 42.4 Å². The van der Waals surface area contributed by atoms with Crippen molar-refractivity contribution in [1.82, 2.24) is 0 Å². The van der Waals surface area contributed by atoms with Crippen LogP contribution >= 0.6 is 0 Å². The molecule has 202 valence electrons. The molecule has 0 aliphatic heterocycles. The lowest BCUT2D eigenvalue weighted by molar-refractivity contribution is -0.290. The van der Waals surface area contributed by atoms with E-state index in [2.05, 4.69) is 0 Å². The minimum absolute atomic E-state index is 0.130. The first-order valence-electron chi connectivity index (χ1n) is 13.0. The molecule has 1 fully saturated rings. The zero-order chi connectivity index (χ0) is 27.3. The molecule has 8 heteroatoms. The minimum atomic E-state index is -1.95. The van der Waals surface area contributed by atoms with Crippen molar-refractivity contribution in [2.75, 3.05) is 6.61 Å². The highest BCUT2D eigenvalue weighted by atomic mass is 16.6. The molecule has 0 saturated heterocycles. The van der Waals surface area contributed by atoms with Crippen molar-refractivity contribution in [3.8, 4) is 0 Å². The van der Waals surface area contributed by atoms with Crippen molar-refractivity contribution in [3.63, 3.8) is 0 Å². The van der Waals surface area contributed by atoms with Crippen LogP contribution in [0.3, 0.4) is 0 Å². The molecule has 3 N–H and O–H groups in total. The SMILES string of the molecule is CCCC(=O)O[C@@H]1[C@@H](C)[C@@]2(O)[C@@H](C=C(CO)C[C@]3(O)C(=O)C(C)=C[C@@H]23)C(C)(C)[C@]1(C)OC(=O)CCC. The maximum atomic E-state index is 13.2. The number of carbonyl (C=O) groups excluding carboxylic acids is 3. The Labute approximate surface area is 213 Å². The van der Waals surface area contributed by atoms with E-state index in [1.165, 1.54) is 0 Å². The topological polar surface area (TPSA) is 130 Å². The van der Waals surface area contributed by atoms with Gasteiger partial charge in [-0.2, -0.15) is 0 Å². The molecule has 7 atom stereocenters. The predicted molar refractivity (Wildman–Crippen MR) is 133 cm³/mol. The van der Waals surface area contributed by atoms with Gasteiger partial charge in [-0.25, -0.2) is 0 Å². The van der Waals surface area contributed by atoms with Crippen LogP contribution in [0.4, 0.5) is 0 Å². The molecule has 0 heterocycles. The van der Waals surface area contributed by atoms with E-state index < -0.39 is 70.4 Å². The summed E-state index contributed by atoms with van der Waals surface area (Å²) < 4.78 is 12.1. The maximum absolute atomic E-state index is 13.2. The zero-order valence-corrected chi connectivity index (χ0v) is 22.6. The summed E-state index contributed by atoms with van der Waals surface area (Å²) in [4.78, 5) is 38.8. The highest BCUT2D eigenvalue weighted by Gasteiger charge is 2.73. The van der Waals surface area contributed by atoms with Gasteiger partial charge in [0.15, 0.2) is 11.4 Å². The second kappa shape index (κ2) is 9.69. The molecule has 36 heavy (non-hydrogen) atoms. The minimum Gasteiger partial charge on any atom is -0.458 e. The number of aliphatic hydroxyl groups is 3. The Balaban J connectivity index is 2.28. The Morgan fingerprint density at radius 1 is 1.03 bits per heavy atom. The highest BCUT2D eigenvalue weighted by molar-refractivity contribution is 6.04. The number of ketones is 1. The van der Waals surface area contributed by atoms with E-state index in [1.54, 1.807) is 32.9 Å². The van der Waals surface area contributed by atoms with Crippen LogP contribution in [-0.4, -0.2) is 62.6 Å². The summed E-state index contributed by atoms with van der Waals surface area (Å²) in [6.45, 7) is 12.0. The normalized spacial score (nSPS) is 39.3. The number of hydrogen-bond acceptors (Lipinski definition) is 8. The standard InChI is InChI=1S/C28H42O8/c1-8-10-21(30)35-24-17(4)28(34)19(25(5,6)26(24,7)36-22(31)11-9-2)13-18(15-29)14-27(33)20(28)12-16(3)23(27)32/h12-13,17,19-20,24,29,33-34H,8-11,14-15H2,1-7H3/t17-,19+,20-,24-,26-,27-,28-/m1/s1. The molecule has 3 aliphatic rings. The van der Waals surface area contributed by atoms with Crippen LogP contribution in [0.5, 0.6) is 0 Å². The van der Waals surface area contributed by atoms with E-state index in [0.717, 1.165) is 0 Å². The molecule has 0 amide bonds. The van der Waals surface area contributed by atoms with Gasteiger partial charge in [-0.15, -0.1) is 0 Å². The van der Waals surface area contributed by atoms with Gasteiger partial charge in [-0.3, -0.25) is 14.4 Å². The summed E-state index contributed by atoms with van der Waals surface area (Å²) in [6, 6.07) is 0. The molecule has 0 aromatic rings. The number of Topliss-reactive ketones (excluding diaryl/α,β-unsaturated/α-hetero) is 1. The summed E-state index contributed by atoms with van der Waals surface area (Å²) in [5, 5.41) is 34.5. The second-order valence-electron chi connectivity index (χ2n) is 11.6. The zero-order valence-electron chi connectivity index (χ0n) is 22.6. The summed E-state index contributed by atoms with van der Waals surface area (Å²) in [6.07, 6.45) is 3.62. The molecule has 0 spiro atoms. The Morgan fingerprint density at radius 3 is 2.17 bits per heavy atom. The van der Waals surface area contributed by atoms with E-state index in [1.807, 2.05) is 27.7 Å². The van der Waals surface area contributed by atoms with Crippen molar-refractivity contribution < 1.29 is 39.2 Å². The van der Waals surface area contributed by atoms with Crippen molar-refractivity contribution in [1.29, 1.82) is 0 Å². The van der Waals surface area contributed by atoms with E-state index >= 15 is 0 Å². The number of esters is 2. The molecule has 0 radical (unpaired) electrons. The van der Waals surface area contributed by atoms with E-state index in [4.69, 9.17) is 9.47 Å². The molecular formula is C28H42O8. The van der Waals surface area contributed by atoms with Crippen LogP contribution in [0.25, 0.3) is 0 Å². The predicted octanol–water partition coefficient (Wildman–Crippen LogP) is 3.02. The number of ether oxygens (including phenoxy) is 2. The number of aliphatic hydroxyl groups excluding tert-OH is 1. The summed E-state index contributed by atoms with van der Waals surface area (Å²) >= 11 is 0. The van der Waals surface area contributed by atoms with Crippen LogP contribution < -0.4 is 0 Å². The fourth-order valence-corrected chi connectivity index (χ4v) is 6.78. The number of rotatable bonds is 7. The second-order valence-corrected chi connectivity index (χ2v) is 11.6. The lowest BCUT2D eigenvalue weighted by Crippen LogP contribution is -2.75. The van der Waals surface area contributed by atoms with Crippen molar-refractivity contribution in [2.24, 2.45) is 23.2 Å². The molecular weight excluding hydrogens is 464 g/mol. The van der Waals surface area contributed by atoms with E-state index in [9.17, 15) is 29.7 Å². The van der Waals surface area contributed by atoms with Gasteiger partial charge < -0.3 is 24.8 Å². The van der Waals surface area contributed by atoms with Gasteiger partial charge in [-0.05, 0) is 37.8 Å². The van der Waals surface area contributed by atoms with E-state index in [0.29, 0.717) is 24.0 Å². The Hall–Kier alpha value is -2.03. The van der Waals surface area contributed by atoms with Crippen LogP contribution in [0.15, 0.2) is 23.3 Å². The van der Waals surface area contributed by atoms with Crippen molar-refractivity contribution in [2.45, 2.75) is 103 Å². The monoisotopic (exact) mass is 506 g/mol. The first kappa shape index (κ1) is 28.5. The lowest BCUT2D eigenvalue weighted by atomic mass is 9.47. The molecule has 3 aliphatic carbocycles. The molecule has 0 bridgehead atoms.